The molecule has 2 N–H and O–H groups in total. The van der Waals surface area contributed by atoms with Crippen molar-refractivity contribution in [3.8, 4) is 0 Å². The first-order valence-corrected chi connectivity index (χ1v) is 6.64. The van der Waals surface area contributed by atoms with Crippen LogP contribution in [0.15, 0.2) is 4.52 Å². The van der Waals surface area contributed by atoms with Gasteiger partial charge in [0.25, 0.3) is 0 Å². The summed E-state index contributed by atoms with van der Waals surface area (Å²) in [6.45, 7) is 5.05. The molecule has 1 aromatic rings. The van der Waals surface area contributed by atoms with E-state index in [9.17, 15) is 4.79 Å². The van der Waals surface area contributed by atoms with E-state index in [-0.39, 0.29) is 11.9 Å². The highest BCUT2D eigenvalue weighted by Crippen LogP contribution is 2.17. The van der Waals surface area contributed by atoms with Gasteiger partial charge in [0, 0.05) is 6.54 Å². The smallest absolute Gasteiger partial charge is 0.245 e. The summed E-state index contributed by atoms with van der Waals surface area (Å²) < 4.78 is 5.18. The van der Waals surface area contributed by atoms with Crippen molar-refractivity contribution >= 4 is 17.7 Å². The molecule has 0 saturated carbocycles. The molecule has 0 spiro atoms. The maximum atomic E-state index is 11.0. The summed E-state index contributed by atoms with van der Waals surface area (Å²) in [5.41, 5.74) is 0. The van der Waals surface area contributed by atoms with Crippen LogP contribution >= 0.6 is 11.8 Å². The van der Waals surface area contributed by atoms with Crippen LogP contribution < -0.4 is 10.6 Å². The Morgan fingerprint density at radius 3 is 3.06 bits per heavy atom. The first-order valence-electron chi connectivity index (χ1n) is 5.59. The van der Waals surface area contributed by atoms with Gasteiger partial charge in [0.1, 0.15) is 6.04 Å². The first kappa shape index (κ1) is 12.4. The standard InChI is InChI=1S/C10H16N4O2S/c1-6(2)17-5-8-13-10(16-14-8)7-3-12-9(15)4-11-7/h6-7,11H,3-5H2,1-2H3,(H,12,15). The second-order valence-electron chi connectivity index (χ2n) is 4.15. The third-order valence-electron chi connectivity index (χ3n) is 2.34. The largest absolute Gasteiger partial charge is 0.353 e. The van der Waals surface area contributed by atoms with E-state index in [0.717, 1.165) is 5.75 Å². The monoisotopic (exact) mass is 256 g/mol. The number of thioether (sulfide) groups is 1. The molecule has 1 aromatic heterocycles. The molecular weight excluding hydrogens is 240 g/mol. The molecule has 94 valence electrons. The summed E-state index contributed by atoms with van der Waals surface area (Å²) in [5.74, 6) is 2.00. The molecule has 0 aliphatic carbocycles. The van der Waals surface area contributed by atoms with Crippen molar-refractivity contribution in [2.45, 2.75) is 30.9 Å². The average molecular weight is 256 g/mol. The van der Waals surface area contributed by atoms with Gasteiger partial charge >= 0.3 is 0 Å². The lowest BCUT2D eigenvalue weighted by molar-refractivity contribution is -0.121. The first-order chi connectivity index (χ1) is 8.15. The summed E-state index contributed by atoms with van der Waals surface area (Å²) in [4.78, 5) is 15.3. The van der Waals surface area contributed by atoms with E-state index >= 15 is 0 Å². The molecule has 1 amide bonds. The third-order valence-corrected chi connectivity index (χ3v) is 3.43. The van der Waals surface area contributed by atoms with E-state index in [1.54, 1.807) is 11.8 Å². The van der Waals surface area contributed by atoms with Crippen molar-refractivity contribution in [2.75, 3.05) is 13.1 Å². The fourth-order valence-electron chi connectivity index (χ4n) is 1.45. The van der Waals surface area contributed by atoms with Crippen molar-refractivity contribution in [1.82, 2.24) is 20.8 Å². The van der Waals surface area contributed by atoms with E-state index in [4.69, 9.17) is 4.52 Å². The van der Waals surface area contributed by atoms with Crippen LogP contribution in [0.5, 0.6) is 0 Å². The van der Waals surface area contributed by atoms with Gasteiger partial charge in [-0.2, -0.15) is 16.7 Å². The Balaban J connectivity index is 1.91. The van der Waals surface area contributed by atoms with Crippen LogP contribution in [0.3, 0.4) is 0 Å². The second-order valence-corrected chi connectivity index (χ2v) is 5.71. The minimum absolute atomic E-state index is 0.00338. The minimum atomic E-state index is -0.0713. The zero-order valence-electron chi connectivity index (χ0n) is 9.90. The molecule has 1 unspecified atom stereocenters. The Hall–Kier alpha value is -1.08. The number of aromatic nitrogens is 2. The zero-order valence-corrected chi connectivity index (χ0v) is 10.7. The van der Waals surface area contributed by atoms with Gasteiger partial charge in [-0.15, -0.1) is 0 Å². The molecule has 2 heterocycles. The topological polar surface area (TPSA) is 80.0 Å². The van der Waals surface area contributed by atoms with E-state index < -0.39 is 0 Å². The molecule has 1 aliphatic heterocycles. The number of nitrogens with zero attached hydrogens (tertiary/aromatic N) is 2. The molecule has 2 rings (SSSR count). The van der Waals surface area contributed by atoms with Crippen LogP contribution in [0.4, 0.5) is 0 Å². The van der Waals surface area contributed by atoms with Crippen LogP contribution in [0.25, 0.3) is 0 Å². The molecule has 0 aromatic carbocycles. The molecule has 1 aliphatic rings. The van der Waals surface area contributed by atoms with Crippen molar-refractivity contribution < 1.29 is 9.32 Å². The van der Waals surface area contributed by atoms with Gasteiger partial charge in [-0.25, -0.2) is 0 Å². The number of nitrogens with one attached hydrogen (secondary N) is 2. The fourth-order valence-corrected chi connectivity index (χ4v) is 2.05. The number of carbonyl (C=O) groups excluding carboxylic acids is 1. The van der Waals surface area contributed by atoms with Crippen LogP contribution in [-0.2, 0) is 10.5 Å². The summed E-state index contributed by atoms with van der Waals surface area (Å²) in [6.07, 6.45) is 0. The van der Waals surface area contributed by atoms with Gasteiger partial charge < -0.3 is 9.84 Å². The van der Waals surface area contributed by atoms with E-state index in [1.807, 2.05) is 0 Å². The molecular formula is C10H16N4O2S. The van der Waals surface area contributed by atoms with Crippen LogP contribution in [0, 0.1) is 0 Å². The van der Waals surface area contributed by atoms with Crippen molar-refractivity contribution in [1.29, 1.82) is 0 Å². The van der Waals surface area contributed by atoms with Crippen LogP contribution in [0.2, 0.25) is 0 Å². The number of carbonyl (C=O) groups is 1. The van der Waals surface area contributed by atoms with E-state index in [0.29, 0.717) is 30.1 Å². The highest BCUT2D eigenvalue weighted by atomic mass is 32.2. The summed E-state index contributed by atoms with van der Waals surface area (Å²) in [7, 11) is 0. The Morgan fingerprint density at radius 2 is 2.41 bits per heavy atom. The van der Waals surface area contributed by atoms with Gasteiger partial charge in [0.05, 0.1) is 12.3 Å². The maximum Gasteiger partial charge on any atom is 0.245 e. The second kappa shape index (κ2) is 5.50. The number of hydrogen-bond donors (Lipinski definition) is 2. The average Bonchev–Trinajstić information content (AvgIpc) is 2.76. The van der Waals surface area contributed by atoms with E-state index in [2.05, 4.69) is 34.6 Å². The zero-order chi connectivity index (χ0) is 12.3. The summed E-state index contributed by atoms with van der Waals surface area (Å²) in [5, 5.41) is 10.3. The predicted octanol–water partition coefficient (Wildman–Crippen LogP) is 0.472. The lowest BCUT2D eigenvalue weighted by atomic mass is 10.2. The Kier molecular flexibility index (Phi) is 4.01. The number of rotatable bonds is 4. The number of amides is 1. The maximum absolute atomic E-state index is 11.0. The summed E-state index contributed by atoms with van der Waals surface area (Å²) in [6, 6.07) is -0.0713. The van der Waals surface area contributed by atoms with Crippen LogP contribution in [-0.4, -0.2) is 34.4 Å². The highest BCUT2D eigenvalue weighted by Gasteiger charge is 2.23. The molecule has 1 atom stereocenters. The van der Waals surface area contributed by atoms with Gasteiger partial charge in [0.15, 0.2) is 5.82 Å². The number of hydrogen-bond acceptors (Lipinski definition) is 6. The van der Waals surface area contributed by atoms with Crippen molar-refractivity contribution in [2.24, 2.45) is 0 Å². The lowest BCUT2D eigenvalue weighted by Gasteiger charge is -2.20. The van der Waals surface area contributed by atoms with Gasteiger partial charge in [-0.3, -0.25) is 10.1 Å². The predicted molar refractivity (Wildman–Crippen MR) is 64.5 cm³/mol. The number of piperazine rings is 1. The molecule has 0 radical (unpaired) electrons. The Morgan fingerprint density at radius 1 is 1.59 bits per heavy atom. The fraction of sp³-hybridized carbons (Fsp3) is 0.700. The Bertz CT molecular complexity index is 383. The molecule has 6 nitrogen and oxygen atoms in total. The molecule has 17 heavy (non-hydrogen) atoms. The molecule has 0 bridgehead atoms. The summed E-state index contributed by atoms with van der Waals surface area (Å²) >= 11 is 1.77. The highest BCUT2D eigenvalue weighted by molar-refractivity contribution is 7.99. The SMILES string of the molecule is CC(C)SCc1noc(C2CNC(=O)CN2)n1. The van der Waals surface area contributed by atoms with Crippen LogP contribution in [0.1, 0.15) is 31.6 Å². The van der Waals surface area contributed by atoms with Gasteiger partial charge in [-0.1, -0.05) is 19.0 Å². The van der Waals surface area contributed by atoms with Gasteiger partial charge in [0.2, 0.25) is 11.8 Å². The normalized spacial score (nSPS) is 20.6. The quantitative estimate of drug-likeness (QED) is 0.815. The van der Waals surface area contributed by atoms with Gasteiger partial charge in [-0.05, 0) is 5.25 Å². The third kappa shape index (κ3) is 3.44. The molecule has 1 saturated heterocycles. The van der Waals surface area contributed by atoms with Crippen molar-refractivity contribution in [3.63, 3.8) is 0 Å². The molecule has 7 heteroatoms. The van der Waals surface area contributed by atoms with Crippen molar-refractivity contribution in [3.05, 3.63) is 11.7 Å². The lowest BCUT2D eigenvalue weighted by Crippen LogP contribution is -2.47. The Labute approximate surface area is 104 Å². The minimum Gasteiger partial charge on any atom is -0.353 e. The van der Waals surface area contributed by atoms with E-state index in [1.165, 1.54) is 0 Å². The molecule has 1 fully saturated rings.